The summed E-state index contributed by atoms with van der Waals surface area (Å²) in [5.41, 5.74) is -3.85. The van der Waals surface area contributed by atoms with Crippen molar-refractivity contribution in [2.24, 2.45) is 50.2 Å². The average molecular weight is 1220 g/mol. The molecule has 0 aromatic heterocycles. The first-order chi connectivity index (χ1) is 39.7. The Morgan fingerprint density at radius 2 is 1.12 bits per heavy atom. The molecule has 5 heterocycles. The summed E-state index contributed by atoms with van der Waals surface area (Å²) >= 11 is 0. The molecule has 34 atom stereocenters. The molecule has 0 aromatic rings. The first kappa shape index (κ1) is 66.1. The van der Waals surface area contributed by atoms with Crippen LogP contribution in [0.1, 0.15) is 107 Å². The Balaban J connectivity index is 0.852. The van der Waals surface area contributed by atoms with Gasteiger partial charge in [0.2, 0.25) is 6.29 Å². The second-order valence-corrected chi connectivity index (χ2v) is 28.3. The molecule has 0 bridgehead atoms. The fourth-order valence-electron chi connectivity index (χ4n) is 17.7. The summed E-state index contributed by atoms with van der Waals surface area (Å²) in [4.78, 5) is 15.4. The van der Waals surface area contributed by atoms with Crippen LogP contribution < -0.4 is 0 Å². The molecule has 16 N–H and O–H groups in total. The Labute approximate surface area is 493 Å². The first-order valence-electron chi connectivity index (χ1n) is 30.2. The lowest BCUT2D eigenvalue weighted by Gasteiger charge is -2.72. The molecule has 85 heavy (non-hydrogen) atoms. The van der Waals surface area contributed by atoms with Crippen molar-refractivity contribution in [1.29, 1.82) is 0 Å². The molecule has 0 spiro atoms. The van der Waals surface area contributed by atoms with Crippen molar-refractivity contribution in [3.63, 3.8) is 0 Å². The van der Waals surface area contributed by atoms with Gasteiger partial charge in [0.05, 0.1) is 62.4 Å². The Bertz CT molecular complexity index is 2390. The maximum absolute atomic E-state index is 15.4. The molecule has 0 aromatic carbocycles. The highest BCUT2D eigenvalue weighted by atomic mass is 16.8. The Kier molecular flexibility index (Phi) is 18.7. The number of esters is 1. The van der Waals surface area contributed by atoms with Gasteiger partial charge in [-0.3, -0.25) is 4.79 Å². The van der Waals surface area contributed by atoms with Crippen LogP contribution in [0.2, 0.25) is 0 Å². The summed E-state index contributed by atoms with van der Waals surface area (Å²) in [6.07, 6.45) is -35.1. The highest BCUT2D eigenvalue weighted by Crippen LogP contribution is 2.76. The van der Waals surface area contributed by atoms with E-state index in [1.54, 1.807) is 6.92 Å². The van der Waals surface area contributed by atoms with Crippen molar-refractivity contribution in [3.05, 3.63) is 11.6 Å². The van der Waals surface area contributed by atoms with Crippen molar-refractivity contribution in [3.8, 4) is 0 Å². The van der Waals surface area contributed by atoms with Crippen LogP contribution in [0.25, 0.3) is 0 Å². The van der Waals surface area contributed by atoms with Crippen LogP contribution >= 0.6 is 0 Å². The zero-order chi connectivity index (χ0) is 62.2. The monoisotopic (exact) mass is 1220 g/mol. The van der Waals surface area contributed by atoms with Crippen LogP contribution in [0.5, 0.6) is 0 Å². The fraction of sp³-hybridized carbons (Fsp3) is 0.948. The van der Waals surface area contributed by atoms with Gasteiger partial charge in [0.25, 0.3) is 0 Å². The van der Waals surface area contributed by atoms with Gasteiger partial charge in [-0.05, 0) is 98.7 Å². The molecule has 4 saturated carbocycles. The summed E-state index contributed by atoms with van der Waals surface area (Å²) in [5, 5.41) is 177. The van der Waals surface area contributed by atoms with E-state index in [4.69, 9.17) is 47.4 Å². The third-order valence-corrected chi connectivity index (χ3v) is 22.7. The number of aliphatic hydroxyl groups is 16. The smallest absolute Gasteiger partial charge is 0.315 e. The number of fused-ring (bicyclic) bond motifs is 7. The lowest BCUT2D eigenvalue weighted by molar-refractivity contribution is -0.377. The van der Waals surface area contributed by atoms with E-state index in [1.807, 2.05) is 6.92 Å². The van der Waals surface area contributed by atoms with E-state index >= 15 is 4.79 Å². The van der Waals surface area contributed by atoms with E-state index in [1.165, 1.54) is 13.8 Å². The molecule has 10 aliphatic rings. The standard InChI is InChI=1S/C58H94O27/c1-22-32(65)35(68)38(71)48(78-22)82-43-29(64)20-76-47(41(43)74)81-42-23(2)79-49(40(73)37(42)70)83-44-33(66)28(63)19-77-51(44)85-52(75)58-13-11-53(3,4)15-25(58)24-9-10-31-54(5)16-27(62)46(84-50-39(72)36(69)34(67)30(18-59)80-50)55(6,21-60)45(54)26(61)17-57(31,8)56(24,7)12-14-58/h9,22-23,25-51,59-74H,10-21H2,1-8H3/t22-,23-,25+,26+,27-,28+,29+,30+,31+,32-,33-,34+,35+,36-,37-,38+,39+,40+,41+,42-,43-,44+,45+,46-,47-,48-,49-,50-,51-,54+,55-,56+,57+,58-/m0/s1. The molecule has 10 rings (SSSR count). The normalized spacial score (nSPS) is 56.1. The number of carbonyl (C=O) groups excluding carboxylic acids is 1. The zero-order valence-corrected chi connectivity index (χ0v) is 49.5. The number of ether oxygens (including phenoxy) is 10. The van der Waals surface area contributed by atoms with E-state index in [9.17, 15) is 81.7 Å². The quantitative estimate of drug-likeness (QED) is 0.0504. The topological polar surface area (TPSA) is 433 Å². The molecule has 0 radical (unpaired) electrons. The van der Waals surface area contributed by atoms with E-state index in [0.717, 1.165) is 5.57 Å². The second-order valence-electron chi connectivity index (χ2n) is 28.3. The Morgan fingerprint density at radius 3 is 1.78 bits per heavy atom. The molecule has 5 aliphatic carbocycles. The summed E-state index contributed by atoms with van der Waals surface area (Å²) in [6, 6.07) is 0. The Hall–Kier alpha value is -1.79. The van der Waals surface area contributed by atoms with Crippen molar-refractivity contribution in [2.75, 3.05) is 26.4 Å². The molecule has 27 nitrogen and oxygen atoms in total. The number of hydrogen-bond donors (Lipinski definition) is 16. The van der Waals surface area contributed by atoms with Crippen LogP contribution in [-0.2, 0) is 52.2 Å². The van der Waals surface area contributed by atoms with Crippen molar-refractivity contribution >= 4 is 5.97 Å². The number of aliphatic hydroxyl groups excluding tert-OH is 16. The van der Waals surface area contributed by atoms with Crippen LogP contribution in [0.15, 0.2) is 11.6 Å². The van der Waals surface area contributed by atoms with Crippen molar-refractivity contribution in [1.82, 2.24) is 0 Å². The van der Waals surface area contributed by atoms with Crippen LogP contribution in [0.3, 0.4) is 0 Å². The van der Waals surface area contributed by atoms with E-state index in [0.29, 0.717) is 38.5 Å². The number of hydrogen-bond acceptors (Lipinski definition) is 27. The van der Waals surface area contributed by atoms with Gasteiger partial charge < -0.3 is 129 Å². The lowest BCUT2D eigenvalue weighted by Crippen LogP contribution is -2.72. The molecule has 9 fully saturated rings. The van der Waals surface area contributed by atoms with E-state index in [2.05, 4.69) is 33.8 Å². The number of rotatable bonds is 12. The minimum Gasteiger partial charge on any atom is -0.432 e. The lowest BCUT2D eigenvalue weighted by atomic mass is 9.33. The van der Waals surface area contributed by atoms with E-state index in [-0.39, 0.29) is 24.2 Å². The average Bonchev–Trinajstić information content (AvgIpc) is 0.681. The number of allylic oxidation sites excluding steroid dienone is 2. The zero-order valence-electron chi connectivity index (χ0n) is 49.5. The third-order valence-electron chi connectivity index (χ3n) is 22.7. The predicted molar refractivity (Wildman–Crippen MR) is 285 cm³/mol. The summed E-state index contributed by atoms with van der Waals surface area (Å²) in [6.45, 7) is 13.0. The molecular weight excluding hydrogens is 1130 g/mol. The van der Waals surface area contributed by atoms with Gasteiger partial charge in [-0.15, -0.1) is 0 Å². The van der Waals surface area contributed by atoms with Gasteiger partial charge in [-0.1, -0.05) is 53.2 Å². The largest absolute Gasteiger partial charge is 0.432 e. The maximum Gasteiger partial charge on any atom is 0.315 e. The molecule has 0 amide bonds. The minimum atomic E-state index is -1.96. The summed E-state index contributed by atoms with van der Waals surface area (Å²) < 4.78 is 59.1. The molecule has 5 saturated heterocycles. The molecular formula is C58H94O27. The van der Waals surface area contributed by atoms with Gasteiger partial charge in [0, 0.05) is 11.3 Å². The predicted octanol–water partition coefficient (Wildman–Crippen LogP) is -3.96. The van der Waals surface area contributed by atoms with Crippen molar-refractivity contribution in [2.45, 2.75) is 266 Å². The molecule has 0 unspecified atom stereocenters. The van der Waals surface area contributed by atoms with Crippen LogP contribution in [0.4, 0.5) is 0 Å². The number of carbonyl (C=O) groups is 1. The van der Waals surface area contributed by atoms with Gasteiger partial charge >= 0.3 is 5.97 Å². The minimum absolute atomic E-state index is 0.103. The highest BCUT2D eigenvalue weighted by molar-refractivity contribution is 5.79. The second kappa shape index (κ2) is 24.0. The van der Waals surface area contributed by atoms with Crippen LogP contribution in [0, 0.1) is 50.2 Å². The molecule has 488 valence electrons. The Morgan fingerprint density at radius 1 is 0.541 bits per heavy atom. The summed E-state index contributed by atoms with van der Waals surface area (Å²) in [5.74, 6) is -1.92. The third kappa shape index (κ3) is 10.9. The fourth-order valence-corrected chi connectivity index (χ4v) is 17.7. The SMILES string of the molecule is C[C@@H]1O[C@@H](O[C@@H]2[C@@H](O)[C@H](O[C@@H]3[C@@H](O)[C@@H](O)[C@H](O[C@H]4[C@H](OC(=O)[C@]56CCC(C)(C)C[C@@H]5C5=CC[C@@H]7[C@@]8(C)C[C@H](O)[C@H](O[C@@H]9O[C@H](CO)[C@@H](O)[C@H](O)[C@H]9O)[C@@](C)(CO)[C@@H]8[C@H](O)C[C@@]7(C)[C@]5(C)CC6)OC[C@@H](O)[C@@H]4O)O[C@H]3C)OC[C@H]2O)[C@H](O)[C@H](O)[C@H]1O. The maximum atomic E-state index is 15.4. The highest BCUT2D eigenvalue weighted by Gasteiger charge is 2.73. The van der Waals surface area contributed by atoms with Gasteiger partial charge in [-0.2, -0.15) is 0 Å². The molecule has 27 heteroatoms. The van der Waals surface area contributed by atoms with Crippen molar-refractivity contribution < 1.29 is 134 Å². The summed E-state index contributed by atoms with van der Waals surface area (Å²) in [7, 11) is 0. The van der Waals surface area contributed by atoms with Gasteiger partial charge in [0.1, 0.15) is 91.6 Å². The van der Waals surface area contributed by atoms with Crippen LogP contribution in [-0.4, -0.2) is 274 Å². The molecule has 5 aliphatic heterocycles. The first-order valence-corrected chi connectivity index (χ1v) is 30.2. The van der Waals surface area contributed by atoms with E-state index < -0.39 is 231 Å². The van der Waals surface area contributed by atoms with Gasteiger partial charge in [-0.25, -0.2) is 0 Å². The van der Waals surface area contributed by atoms with Gasteiger partial charge in [0.15, 0.2) is 31.3 Å².